The predicted octanol–water partition coefficient (Wildman–Crippen LogP) is 4.00. The van der Waals surface area contributed by atoms with E-state index in [9.17, 15) is 14.3 Å². The van der Waals surface area contributed by atoms with Crippen molar-refractivity contribution in [2.75, 3.05) is 0 Å². The fraction of sp³-hybridized carbons (Fsp3) is 0.133. The predicted molar refractivity (Wildman–Crippen MR) is 74.6 cm³/mol. The Morgan fingerprint density at radius 2 is 1.89 bits per heavy atom. The van der Waals surface area contributed by atoms with E-state index >= 15 is 0 Å². The summed E-state index contributed by atoms with van der Waals surface area (Å²) in [7, 11) is 0. The number of hydrogen-bond donors (Lipinski definition) is 1. The molecule has 1 unspecified atom stereocenters. The van der Waals surface area contributed by atoms with E-state index in [1.165, 1.54) is 12.1 Å². The maximum absolute atomic E-state index is 12.8. The van der Waals surface area contributed by atoms with Crippen LogP contribution in [0.3, 0.4) is 0 Å². The van der Waals surface area contributed by atoms with Crippen molar-refractivity contribution in [2.24, 2.45) is 0 Å². The summed E-state index contributed by atoms with van der Waals surface area (Å²) in [6, 6.07) is 13.1. The van der Waals surface area contributed by atoms with E-state index in [0.717, 1.165) is 15.6 Å². The van der Waals surface area contributed by atoms with Crippen LogP contribution in [0.1, 0.15) is 17.0 Å². The van der Waals surface area contributed by atoms with Gasteiger partial charge in [0.05, 0.1) is 5.92 Å². The first-order valence-electron chi connectivity index (χ1n) is 5.79. The molecule has 0 bridgehead atoms. The van der Waals surface area contributed by atoms with Crippen LogP contribution in [-0.2, 0) is 11.2 Å². The minimum Gasteiger partial charge on any atom is -0.481 e. The van der Waals surface area contributed by atoms with Crippen LogP contribution >= 0.6 is 15.9 Å². The lowest BCUT2D eigenvalue weighted by atomic mass is 9.92. The Morgan fingerprint density at radius 3 is 2.47 bits per heavy atom. The topological polar surface area (TPSA) is 37.3 Å². The first-order chi connectivity index (χ1) is 9.06. The summed E-state index contributed by atoms with van der Waals surface area (Å²) in [6.07, 6.45) is 0.339. The Hall–Kier alpha value is -1.68. The molecule has 2 aromatic rings. The van der Waals surface area contributed by atoms with E-state index in [-0.39, 0.29) is 5.82 Å². The van der Waals surface area contributed by atoms with Gasteiger partial charge in [0.25, 0.3) is 0 Å². The third-order valence-corrected chi connectivity index (χ3v) is 3.40. The highest BCUT2D eigenvalue weighted by atomic mass is 79.9. The van der Waals surface area contributed by atoms with Gasteiger partial charge in [-0.25, -0.2) is 4.39 Å². The third kappa shape index (κ3) is 3.64. The molecular weight excluding hydrogens is 311 g/mol. The van der Waals surface area contributed by atoms with Crippen LogP contribution in [0.15, 0.2) is 53.0 Å². The van der Waals surface area contributed by atoms with Crippen molar-refractivity contribution in [2.45, 2.75) is 12.3 Å². The van der Waals surface area contributed by atoms with Crippen molar-refractivity contribution in [3.05, 3.63) is 69.9 Å². The van der Waals surface area contributed by atoms with Crippen LogP contribution in [-0.4, -0.2) is 11.1 Å². The summed E-state index contributed by atoms with van der Waals surface area (Å²) in [6.45, 7) is 0. The molecule has 1 N–H and O–H groups in total. The smallest absolute Gasteiger partial charge is 0.311 e. The second kappa shape index (κ2) is 5.97. The number of hydrogen-bond acceptors (Lipinski definition) is 1. The van der Waals surface area contributed by atoms with Crippen LogP contribution < -0.4 is 0 Å². The zero-order valence-electron chi connectivity index (χ0n) is 10.0. The molecule has 1 atom stereocenters. The van der Waals surface area contributed by atoms with E-state index in [4.69, 9.17) is 0 Å². The van der Waals surface area contributed by atoms with Gasteiger partial charge in [0, 0.05) is 4.47 Å². The molecule has 0 saturated carbocycles. The largest absolute Gasteiger partial charge is 0.481 e. The van der Waals surface area contributed by atoms with Crippen molar-refractivity contribution >= 4 is 21.9 Å². The molecule has 4 heteroatoms. The molecule has 0 aliphatic carbocycles. The maximum Gasteiger partial charge on any atom is 0.311 e. The lowest BCUT2D eigenvalue weighted by Crippen LogP contribution is -2.14. The SMILES string of the molecule is O=C(O)C(Cc1ccc(F)cc1)c1cccc(Br)c1. The van der Waals surface area contributed by atoms with Gasteiger partial charge in [0.1, 0.15) is 5.82 Å². The van der Waals surface area contributed by atoms with Crippen LogP contribution in [0.5, 0.6) is 0 Å². The molecule has 0 aliphatic rings. The van der Waals surface area contributed by atoms with Gasteiger partial charge in [-0.15, -0.1) is 0 Å². The highest BCUT2D eigenvalue weighted by Gasteiger charge is 2.20. The van der Waals surface area contributed by atoms with Gasteiger partial charge in [-0.2, -0.15) is 0 Å². The molecule has 98 valence electrons. The molecule has 0 fully saturated rings. The average Bonchev–Trinajstić information content (AvgIpc) is 2.37. The molecular formula is C15H12BrFO2. The zero-order valence-corrected chi connectivity index (χ0v) is 11.6. The first-order valence-corrected chi connectivity index (χ1v) is 6.58. The molecule has 0 saturated heterocycles. The molecule has 0 radical (unpaired) electrons. The molecule has 2 aromatic carbocycles. The van der Waals surface area contributed by atoms with Gasteiger partial charge in [-0.3, -0.25) is 4.79 Å². The molecule has 0 aromatic heterocycles. The minimum absolute atomic E-state index is 0.321. The normalized spacial score (nSPS) is 12.1. The number of aliphatic carboxylic acids is 1. The summed E-state index contributed by atoms with van der Waals surface area (Å²) in [4.78, 5) is 11.4. The fourth-order valence-corrected chi connectivity index (χ4v) is 2.34. The average molecular weight is 323 g/mol. The Labute approximate surface area is 119 Å². The summed E-state index contributed by atoms with van der Waals surface area (Å²) in [5.74, 6) is -1.84. The number of rotatable bonds is 4. The first kappa shape index (κ1) is 13.7. The third-order valence-electron chi connectivity index (χ3n) is 2.90. The van der Waals surface area contributed by atoms with Gasteiger partial charge < -0.3 is 5.11 Å². The molecule has 0 heterocycles. The van der Waals surface area contributed by atoms with Crippen molar-refractivity contribution in [1.29, 1.82) is 0 Å². The van der Waals surface area contributed by atoms with Gasteiger partial charge >= 0.3 is 5.97 Å². The number of halogens is 2. The van der Waals surface area contributed by atoms with E-state index < -0.39 is 11.9 Å². The molecule has 0 amide bonds. The molecule has 0 spiro atoms. The maximum atomic E-state index is 12.8. The number of carboxylic acids is 1. The van der Waals surface area contributed by atoms with Crippen molar-refractivity contribution in [3.63, 3.8) is 0 Å². The lowest BCUT2D eigenvalue weighted by Gasteiger charge is -2.13. The molecule has 2 rings (SSSR count). The van der Waals surface area contributed by atoms with Gasteiger partial charge in [0.15, 0.2) is 0 Å². The van der Waals surface area contributed by atoms with E-state index in [1.54, 1.807) is 30.3 Å². The highest BCUT2D eigenvalue weighted by molar-refractivity contribution is 9.10. The Kier molecular flexibility index (Phi) is 4.32. The van der Waals surface area contributed by atoms with Gasteiger partial charge in [-0.05, 0) is 41.8 Å². The molecule has 0 aliphatic heterocycles. The Bertz CT molecular complexity index is 581. The second-order valence-electron chi connectivity index (χ2n) is 4.28. The summed E-state index contributed by atoms with van der Waals surface area (Å²) in [5.41, 5.74) is 1.53. The van der Waals surface area contributed by atoms with Gasteiger partial charge in [-0.1, -0.05) is 40.2 Å². The zero-order chi connectivity index (χ0) is 13.8. The Balaban J connectivity index is 2.26. The van der Waals surface area contributed by atoms with Crippen molar-refractivity contribution in [1.82, 2.24) is 0 Å². The highest BCUT2D eigenvalue weighted by Crippen LogP contribution is 2.24. The van der Waals surface area contributed by atoms with E-state index in [2.05, 4.69) is 15.9 Å². The van der Waals surface area contributed by atoms with Gasteiger partial charge in [0.2, 0.25) is 0 Å². The number of carbonyl (C=O) groups is 1. The number of carboxylic acid groups (broad SMARTS) is 1. The summed E-state index contributed by atoms with van der Waals surface area (Å²) >= 11 is 3.33. The van der Waals surface area contributed by atoms with Crippen LogP contribution in [0.2, 0.25) is 0 Å². The van der Waals surface area contributed by atoms with Crippen molar-refractivity contribution < 1.29 is 14.3 Å². The van der Waals surface area contributed by atoms with Crippen LogP contribution in [0, 0.1) is 5.82 Å². The molecule has 2 nitrogen and oxygen atoms in total. The summed E-state index contributed by atoms with van der Waals surface area (Å²) in [5, 5.41) is 9.34. The van der Waals surface area contributed by atoms with Crippen molar-refractivity contribution in [3.8, 4) is 0 Å². The standard InChI is InChI=1S/C15H12BrFO2/c16-12-3-1-2-11(9-12)14(15(18)19)8-10-4-6-13(17)7-5-10/h1-7,9,14H,8H2,(H,18,19). The van der Waals surface area contributed by atoms with E-state index in [1.807, 2.05) is 6.07 Å². The second-order valence-corrected chi connectivity index (χ2v) is 5.19. The number of benzene rings is 2. The Morgan fingerprint density at radius 1 is 1.21 bits per heavy atom. The van der Waals surface area contributed by atoms with Crippen LogP contribution in [0.4, 0.5) is 4.39 Å². The minimum atomic E-state index is -0.887. The molecule has 19 heavy (non-hydrogen) atoms. The van der Waals surface area contributed by atoms with E-state index in [0.29, 0.717) is 6.42 Å². The quantitative estimate of drug-likeness (QED) is 0.923. The monoisotopic (exact) mass is 322 g/mol. The lowest BCUT2D eigenvalue weighted by molar-refractivity contribution is -0.138. The summed E-state index contributed by atoms with van der Waals surface area (Å²) < 4.78 is 13.7. The van der Waals surface area contributed by atoms with Crippen LogP contribution in [0.25, 0.3) is 0 Å². The fourth-order valence-electron chi connectivity index (χ4n) is 1.93.